The third-order valence-corrected chi connectivity index (χ3v) is 6.40. The quantitative estimate of drug-likeness (QED) is 0.663. The predicted molar refractivity (Wildman–Crippen MR) is 114 cm³/mol. The Labute approximate surface area is 172 Å². The van der Waals surface area contributed by atoms with Crippen molar-refractivity contribution in [2.75, 3.05) is 20.1 Å². The van der Waals surface area contributed by atoms with Crippen molar-refractivity contribution in [2.24, 2.45) is 0 Å². The summed E-state index contributed by atoms with van der Waals surface area (Å²) in [7, 11) is 1.86. The molecule has 0 saturated carbocycles. The van der Waals surface area contributed by atoms with Gasteiger partial charge in [0.25, 0.3) is 5.91 Å². The molecule has 2 bridgehead atoms. The van der Waals surface area contributed by atoms with Gasteiger partial charge in [-0.3, -0.25) is 14.4 Å². The molecule has 2 aliphatic heterocycles. The van der Waals surface area contributed by atoms with Crippen LogP contribution in [0.3, 0.4) is 0 Å². The topological polar surface area (TPSA) is 82.4 Å². The lowest BCUT2D eigenvalue weighted by Gasteiger charge is -2.40. The number of fused-ring (bicyclic) bond motifs is 3. The van der Waals surface area contributed by atoms with Crippen LogP contribution in [-0.4, -0.2) is 70.1 Å². The van der Waals surface area contributed by atoms with Crippen LogP contribution < -0.4 is 10.6 Å². The second kappa shape index (κ2) is 8.42. The minimum Gasteiger partial charge on any atom is -0.390 e. The highest BCUT2D eigenvalue weighted by molar-refractivity contribution is 6.05. The molecule has 0 spiro atoms. The third-order valence-electron chi connectivity index (χ3n) is 6.40. The van der Waals surface area contributed by atoms with Crippen molar-refractivity contribution < 1.29 is 9.90 Å². The van der Waals surface area contributed by atoms with E-state index in [1.807, 2.05) is 36.0 Å². The van der Waals surface area contributed by atoms with Crippen LogP contribution in [0.2, 0.25) is 0 Å². The fraction of sp³-hybridized carbons (Fsp3) is 0.636. The Bertz CT molecular complexity index is 850. The SMILES string of the molecule is CNCC(O)CN1[C@@H]2CC[C@H]1C[C@H](NC(=O)c1nn(C(C)C)c3ccccc13)C2. The van der Waals surface area contributed by atoms with Gasteiger partial charge in [-0.1, -0.05) is 18.2 Å². The van der Waals surface area contributed by atoms with Gasteiger partial charge >= 0.3 is 0 Å². The molecule has 3 N–H and O–H groups in total. The van der Waals surface area contributed by atoms with Crippen molar-refractivity contribution in [3.05, 3.63) is 30.0 Å². The summed E-state index contributed by atoms with van der Waals surface area (Å²) in [5.74, 6) is -0.0753. The first-order chi connectivity index (χ1) is 14.0. The zero-order valence-corrected chi connectivity index (χ0v) is 17.6. The zero-order chi connectivity index (χ0) is 20.5. The van der Waals surface area contributed by atoms with Gasteiger partial charge < -0.3 is 15.7 Å². The number of nitrogens with one attached hydrogen (secondary N) is 2. The van der Waals surface area contributed by atoms with Crippen molar-refractivity contribution in [1.82, 2.24) is 25.3 Å². The number of hydrogen-bond donors (Lipinski definition) is 3. The molecule has 1 aromatic heterocycles. The number of amides is 1. The number of nitrogens with zero attached hydrogens (tertiary/aromatic N) is 3. The molecule has 4 rings (SSSR count). The summed E-state index contributed by atoms with van der Waals surface area (Å²) in [6.07, 6.45) is 3.83. The second-order valence-electron chi connectivity index (χ2n) is 8.84. The fourth-order valence-electron chi connectivity index (χ4n) is 5.14. The van der Waals surface area contributed by atoms with Crippen LogP contribution >= 0.6 is 0 Å². The molecule has 2 aromatic rings. The van der Waals surface area contributed by atoms with Gasteiger partial charge in [-0.15, -0.1) is 0 Å². The number of carbonyl (C=O) groups is 1. The molecule has 1 amide bonds. The predicted octanol–water partition coefficient (Wildman–Crippen LogP) is 1.92. The lowest BCUT2D eigenvalue weighted by molar-refractivity contribution is 0.0510. The highest BCUT2D eigenvalue weighted by atomic mass is 16.3. The van der Waals surface area contributed by atoms with Crippen molar-refractivity contribution in [1.29, 1.82) is 0 Å². The van der Waals surface area contributed by atoms with E-state index in [1.165, 1.54) is 0 Å². The first-order valence-electron chi connectivity index (χ1n) is 10.8. The number of likely N-dealkylation sites (N-methyl/N-ethyl adjacent to an activating group) is 1. The molecule has 0 aliphatic carbocycles. The Kier molecular flexibility index (Phi) is 5.90. The maximum atomic E-state index is 13.1. The molecule has 2 aliphatic rings. The Morgan fingerprint density at radius 1 is 1.24 bits per heavy atom. The molecule has 7 heteroatoms. The number of benzene rings is 1. The lowest BCUT2D eigenvalue weighted by Crippen LogP contribution is -2.53. The molecule has 3 heterocycles. The minimum atomic E-state index is -0.347. The van der Waals surface area contributed by atoms with E-state index >= 15 is 0 Å². The fourth-order valence-corrected chi connectivity index (χ4v) is 5.14. The number of carbonyl (C=O) groups excluding carboxylic acids is 1. The summed E-state index contributed by atoms with van der Waals surface area (Å²) < 4.78 is 1.93. The molecule has 29 heavy (non-hydrogen) atoms. The Morgan fingerprint density at radius 2 is 1.93 bits per heavy atom. The van der Waals surface area contributed by atoms with Crippen LogP contribution in [0.25, 0.3) is 10.9 Å². The second-order valence-corrected chi connectivity index (χ2v) is 8.84. The first kappa shape index (κ1) is 20.3. The normalized spacial score (nSPS) is 25.6. The number of piperidine rings is 1. The van der Waals surface area contributed by atoms with Crippen LogP contribution in [-0.2, 0) is 0 Å². The number of para-hydroxylation sites is 1. The Balaban J connectivity index is 1.45. The highest BCUT2D eigenvalue weighted by Gasteiger charge is 2.41. The largest absolute Gasteiger partial charge is 0.390 e. The Hall–Kier alpha value is -1.96. The molecular formula is C22H33N5O2. The summed E-state index contributed by atoms with van der Waals surface area (Å²) in [4.78, 5) is 15.5. The van der Waals surface area contributed by atoms with Crippen molar-refractivity contribution in [2.45, 2.75) is 69.8 Å². The smallest absolute Gasteiger partial charge is 0.272 e. The van der Waals surface area contributed by atoms with Gasteiger partial charge in [0.2, 0.25) is 0 Å². The zero-order valence-electron chi connectivity index (χ0n) is 17.6. The van der Waals surface area contributed by atoms with Gasteiger partial charge in [-0.2, -0.15) is 5.10 Å². The van der Waals surface area contributed by atoms with Gasteiger partial charge in [-0.05, 0) is 52.6 Å². The number of aromatic nitrogens is 2. The van der Waals surface area contributed by atoms with Crippen molar-refractivity contribution in [3.8, 4) is 0 Å². The number of hydrogen-bond acceptors (Lipinski definition) is 5. The molecule has 2 fully saturated rings. The first-order valence-corrected chi connectivity index (χ1v) is 10.8. The molecular weight excluding hydrogens is 366 g/mol. The maximum Gasteiger partial charge on any atom is 0.272 e. The minimum absolute atomic E-state index is 0.0753. The van der Waals surface area contributed by atoms with E-state index in [0.29, 0.717) is 30.9 Å². The van der Waals surface area contributed by atoms with Crippen LogP contribution in [0.5, 0.6) is 0 Å². The lowest BCUT2D eigenvalue weighted by atomic mass is 9.96. The van der Waals surface area contributed by atoms with Gasteiger partial charge in [0.15, 0.2) is 5.69 Å². The summed E-state index contributed by atoms with van der Waals surface area (Å²) in [6, 6.07) is 9.19. The third kappa shape index (κ3) is 4.04. The highest BCUT2D eigenvalue weighted by Crippen LogP contribution is 2.36. The summed E-state index contributed by atoms with van der Waals surface area (Å²) in [5, 5.41) is 22.0. The van der Waals surface area contributed by atoms with E-state index in [-0.39, 0.29) is 24.1 Å². The molecule has 4 atom stereocenters. The monoisotopic (exact) mass is 399 g/mol. The van der Waals surface area contributed by atoms with Crippen LogP contribution in [0.4, 0.5) is 0 Å². The summed E-state index contributed by atoms with van der Waals surface area (Å²) in [5.41, 5.74) is 1.52. The number of aliphatic hydroxyl groups excluding tert-OH is 1. The van der Waals surface area contributed by atoms with Crippen LogP contribution in [0.15, 0.2) is 24.3 Å². The molecule has 0 radical (unpaired) electrons. The molecule has 7 nitrogen and oxygen atoms in total. The van der Waals surface area contributed by atoms with E-state index in [1.54, 1.807) is 0 Å². The van der Waals surface area contributed by atoms with Crippen molar-refractivity contribution in [3.63, 3.8) is 0 Å². The van der Waals surface area contributed by atoms with E-state index < -0.39 is 0 Å². The molecule has 2 saturated heterocycles. The van der Waals surface area contributed by atoms with Gasteiger partial charge in [-0.25, -0.2) is 0 Å². The van der Waals surface area contributed by atoms with E-state index in [2.05, 4.69) is 34.5 Å². The molecule has 158 valence electrons. The Morgan fingerprint density at radius 3 is 2.59 bits per heavy atom. The maximum absolute atomic E-state index is 13.1. The van der Waals surface area contributed by atoms with E-state index in [0.717, 1.165) is 36.6 Å². The van der Waals surface area contributed by atoms with E-state index in [9.17, 15) is 9.90 Å². The van der Waals surface area contributed by atoms with Crippen molar-refractivity contribution >= 4 is 16.8 Å². The summed E-state index contributed by atoms with van der Waals surface area (Å²) in [6.45, 7) is 5.48. The number of aliphatic hydroxyl groups is 1. The summed E-state index contributed by atoms with van der Waals surface area (Å²) >= 11 is 0. The number of rotatable bonds is 7. The van der Waals surface area contributed by atoms with Gasteiger partial charge in [0.1, 0.15) is 0 Å². The van der Waals surface area contributed by atoms with Crippen LogP contribution in [0.1, 0.15) is 56.1 Å². The van der Waals surface area contributed by atoms with E-state index in [4.69, 9.17) is 0 Å². The standard InChI is InChI=1S/C22H33N5O2/c1-14(2)27-20-7-5-4-6-19(20)21(25-27)22(29)24-15-10-16-8-9-17(11-15)26(16)13-18(28)12-23-3/h4-7,14-18,23,28H,8-13H2,1-3H3,(H,24,29)/t15-,16-,17+,18?. The van der Waals surface area contributed by atoms with Gasteiger partial charge in [0.05, 0.1) is 11.6 Å². The average molecular weight is 400 g/mol. The molecule has 1 aromatic carbocycles. The molecule has 1 unspecified atom stereocenters. The van der Waals surface area contributed by atoms with Gasteiger partial charge in [0, 0.05) is 42.6 Å². The average Bonchev–Trinajstić information content (AvgIpc) is 3.17. The van der Waals surface area contributed by atoms with Crippen LogP contribution in [0, 0.1) is 0 Å².